The van der Waals surface area contributed by atoms with E-state index in [4.69, 9.17) is 5.73 Å². The summed E-state index contributed by atoms with van der Waals surface area (Å²) in [6.07, 6.45) is 5.85. The van der Waals surface area contributed by atoms with E-state index in [2.05, 4.69) is 27.9 Å². The van der Waals surface area contributed by atoms with Crippen molar-refractivity contribution in [3.05, 3.63) is 23.0 Å². The molecule has 1 saturated carbocycles. The first-order valence-corrected chi connectivity index (χ1v) is 6.27. The van der Waals surface area contributed by atoms with Gasteiger partial charge in [-0.25, -0.2) is 4.98 Å². The van der Waals surface area contributed by atoms with Crippen LogP contribution in [0.5, 0.6) is 0 Å². The Balaban J connectivity index is 2.23. The Morgan fingerprint density at radius 2 is 2.40 bits per heavy atom. The number of hydrogen-bond donors (Lipinski definition) is 1. The third kappa shape index (κ3) is 1.12. The fourth-order valence-electron chi connectivity index (χ4n) is 2.67. The number of imidazole rings is 1. The van der Waals surface area contributed by atoms with Crippen LogP contribution < -0.4 is 5.73 Å². The molecule has 0 spiro atoms. The van der Waals surface area contributed by atoms with Gasteiger partial charge in [0.05, 0.1) is 11.4 Å². The van der Waals surface area contributed by atoms with Crippen LogP contribution in [0.4, 0.5) is 0 Å². The van der Waals surface area contributed by atoms with Gasteiger partial charge in [0.15, 0.2) is 4.96 Å². The van der Waals surface area contributed by atoms with Crippen LogP contribution in [-0.4, -0.2) is 15.9 Å². The van der Waals surface area contributed by atoms with Crippen molar-refractivity contribution in [1.29, 1.82) is 0 Å². The molecule has 2 N–H and O–H groups in total. The lowest BCUT2D eigenvalue weighted by atomic mass is 9.66. The molecule has 0 bridgehead atoms. The Hall–Kier alpha value is -0.870. The summed E-state index contributed by atoms with van der Waals surface area (Å²) in [7, 11) is 0. The molecule has 1 aliphatic rings. The highest BCUT2D eigenvalue weighted by molar-refractivity contribution is 7.15. The molecule has 2 aromatic rings. The Morgan fingerprint density at radius 1 is 1.60 bits per heavy atom. The predicted octanol–water partition coefficient (Wildman–Crippen LogP) is 2.08. The van der Waals surface area contributed by atoms with Crippen molar-refractivity contribution in [3.8, 4) is 0 Å². The molecule has 4 heteroatoms. The summed E-state index contributed by atoms with van der Waals surface area (Å²) in [4.78, 5) is 5.69. The Morgan fingerprint density at radius 3 is 3.00 bits per heavy atom. The smallest absolute Gasteiger partial charge is 0.194 e. The molecule has 15 heavy (non-hydrogen) atoms. The summed E-state index contributed by atoms with van der Waals surface area (Å²) in [6.45, 7) is 2.85. The van der Waals surface area contributed by atoms with E-state index in [9.17, 15) is 0 Å². The van der Waals surface area contributed by atoms with Gasteiger partial charge >= 0.3 is 0 Å². The second-order valence-electron chi connectivity index (χ2n) is 4.44. The molecule has 0 aromatic carbocycles. The monoisotopic (exact) mass is 221 g/mol. The van der Waals surface area contributed by atoms with Crippen LogP contribution in [0.3, 0.4) is 0 Å². The number of hydrogen-bond acceptors (Lipinski definition) is 3. The van der Waals surface area contributed by atoms with Gasteiger partial charge in [0.25, 0.3) is 0 Å². The number of rotatable bonds is 2. The number of thiazole rings is 1. The van der Waals surface area contributed by atoms with Crippen LogP contribution >= 0.6 is 11.3 Å². The lowest BCUT2D eigenvalue weighted by Gasteiger charge is -2.41. The molecule has 3 nitrogen and oxygen atoms in total. The summed E-state index contributed by atoms with van der Waals surface area (Å²) in [5.74, 6) is 0. The summed E-state index contributed by atoms with van der Waals surface area (Å²) < 4.78 is 2.23. The molecule has 80 valence electrons. The van der Waals surface area contributed by atoms with Gasteiger partial charge in [-0.1, -0.05) is 6.42 Å². The van der Waals surface area contributed by atoms with Crippen LogP contribution in [0.25, 0.3) is 4.96 Å². The maximum Gasteiger partial charge on any atom is 0.194 e. The highest BCUT2D eigenvalue weighted by Gasteiger charge is 2.41. The quantitative estimate of drug-likeness (QED) is 0.843. The van der Waals surface area contributed by atoms with Gasteiger partial charge in [-0.05, 0) is 19.8 Å². The van der Waals surface area contributed by atoms with Gasteiger partial charge in [0.1, 0.15) is 0 Å². The SMILES string of the molecule is Cc1nc2sccn2c1C1(CN)CCC1. The van der Waals surface area contributed by atoms with E-state index in [0.717, 1.165) is 17.2 Å². The predicted molar refractivity (Wildman–Crippen MR) is 62.4 cm³/mol. The molecule has 0 aliphatic heterocycles. The molecule has 0 radical (unpaired) electrons. The first-order chi connectivity index (χ1) is 7.27. The van der Waals surface area contributed by atoms with Gasteiger partial charge in [-0.2, -0.15) is 0 Å². The van der Waals surface area contributed by atoms with Crippen LogP contribution in [0, 0.1) is 6.92 Å². The van der Waals surface area contributed by atoms with E-state index in [-0.39, 0.29) is 5.41 Å². The second-order valence-corrected chi connectivity index (χ2v) is 5.31. The first kappa shape index (κ1) is 9.36. The highest BCUT2D eigenvalue weighted by Crippen LogP contribution is 2.44. The lowest BCUT2D eigenvalue weighted by Crippen LogP contribution is -2.43. The molecule has 0 atom stereocenters. The third-order valence-electron chi connectivity index (χ3n) is 3.64. The minimum absolute atomic E-state index is 0.213. The number of nitrogens with two attached hydrogens (primary N) is 1. The van der Waals surface area contributed by atoms with E-state index >= 15 is 0 Å². The summed E-state index contributed by atoms with van der Waals surface area (Å²) in [6, 6.07) is 0. The fourth-order valence-corrected chi connectivity index (χ4v) is 3.43. The molecular formula is C11H15N3S. The van der Waals surface area contributed by atoms with Gasteiger partial charge in [0.2, 0.25) is 0 Å². The van der Waals surface area contributed by atoms with Crippen LogP contribution in [-0.2, 0) is 5.41 Å². The zero-order valence-electron chi connectivity index (χ0n) is 8.86. The standard InChI is InChI=1S/C11H15N3S/c1-8-9(11(7-12)3-2-4-11)14-5-6-15-10(14)13-8/h5-6H,2-4,7,12H2,1H3. The van der Waals surface area contributed by atoms with Gasteiger partial charge < -0.3 is 5.73 Å². The number of fused-ring (bicyclic) bond motifs is 1. The molecule has 0 unspecified atom stereocenters. The van der Waals surface area contributed by atoms with Crippen LogP contribution in [0.1, 0.15) is 30.7 Å². The molecule has 3 rings (SSSR count). The molecule has 1 aliphatic carbocycles. The van der Waals surface area contributed by atoms with E-state index in [0.29, 0.717) is 0 Å². The minimum atomic E-state index is 0.213. The Labute approximate surface area is 92.9 Å². The van der Waals surface area contributed by atoms with Gasteiger partial charge in [0, 0.05) is 23.5 Å². The topological polar surface area (TPSA) is 43.3 Å². The zero-order valence-corrected chi connectivity index (χ0v) is 9.68. The fraction of sp³-hybridized carbons (Fsp3) is 0.545. The number of aryl methyl sites for hydroxylation is 1. The average Bonchev–Trinajstić information content (AvgIpc) is 2.67. The molecule has 0 amide bonds. The molecule has 2 heterocycles. The van der Waals surface area contributed by atoms with Crippen molar-refractivity contribution in [2.45, 2.75) is 31.6 Å². The summed E-state index contributed by atoms with van der Waals surface area (Å²) in [5.41, 5.74) is 8.68. The van der Waals surface area contributed by atoms with Crippen molar-refractivity contribution >= 4 is 16.3 Å². The third-order valence-corrected chi connectivity index (χ3v) is 4.40. The maximum atomic E-state index is 5.95. The maximum absolute atomic E-state index is 5.95. The first-order valence-electron chi connectivity index (χ1n) is 5.39. The number of nitrogens with zero attached hydrogens (tertiary/aromatic N) is 2. The molecular weight excluding hydrogens is 206 g/mol. The van der Waals surface area contributed by atoms with Crippen LogP contribution in [0.2, 0.25) is 0 Å². The lowest BCUT2D eigenvalue weighted by molar-refractivity contribution is 0.243. The van der Waals surface area contributed by atoms with Gasteiger partial charge in [-0.3, -0.25) is 4.40 Å². The van der Waals surface area contributed by atoms with E-state index in [1.54, 1.807) is 11.3 Å². The van der Waals surface area contributed by atoms with Crippen molar-refractivity contribution in [2.75, 3.05) is 6.54 Å². The van der Waals surface area contributed by atoms with Crippen molar-refractivity contribution < 1.29 is 0 Å². The molecule has 2 aromatic heterocycles. The normalized spacial score (nSPS) is 19.3. The largest absolute Gasteiger partial charge is 0.330 e. The van der Waals surface area contributed by atoms with Crippen molar-refractivity contribution in [2.24, 2.45) is 5.73 Å². The summed E-state index contributed by atoms with van der Waals surface area (Å²) in [5, 5.41) is 2.09. The second kappa shape index (κ2) is 3.06. The minimum Gasteiger partial charge on any atom is -0.330 e. The van der Waals surface area contributed by atoms with E-state index < -0.39 is 0 Å². The Bertz CT molecular complexity index is 487. The number of aromatic nitrogens is 2. The Kier molecular flexibility index (Phi) is 1.91. The van der Waals surface area contributed by atoms with E-state index in [1.165, 1.54) is 25.0 Å². The molecule has 1 fully saturated rings. The summed E-state index contributed by atoms with van der Waals surface area (Å²) >= 11 is 1.69. The van der Waals surface area contributed by atoms with E-state index in [1.807, 2.05) is 0 Å². The van der Waals surface area contributed by atoms with Gasteiger partial charge in [-0.15, -0.1) is 11.3 Å². The van der Waals surface area contributed by atoms with Crippen LogP contribution in [0.15, 0.2) is 11.6 Å². The zero-order chi connectivity index (χ0) is 10.5. The van der Waals surface area contributed by atoms with Crippen molar-refractivity contribution in [3.63, 3.8) is 0 Å². The molecule has 0 saturated heterocycles. The highest BCUT2D eigenvalue weighted by atomic mass is 32.1. The average molecular weight is 221 g/mol. The van der Waals surface area contributed by atoms with Crippen molar-refractivity contribution in [1.82, 2.24) is 9.38 Å².